The second-order valence-corrected chi connectivity index (χ2v) is 4.76. The van der Waals surface area contributed by atoms with Gasteiger partial charge in [0.1, 0.15) is 0 Å². The van der Waals surface area contributed by atoms with Crippen LogP contribution in [0, 0.1) is 5.92 Å². The Bertz CT molecular complexity index is 492. The Hall–Kier alpha value is -2.05. The highest BCUT2D eigenvalue weighted by Crippen LogP contribution is 2.16. The van der Waals surface area contributed by atoms with Crippen molar-refractivity contribution in [3.8, 4) is 0 Å². The van der Waals surface area contributed by atoms with Crippen LogP contribution in [0.15, 0.2) is 24.3 Å². The number of ether oxygens (including phenoxy) is 2. The fraction of sp³-hybridized carbons (Fsp3) is 0.429. The summed E-state index contributed by atoms with van der Waals surface area (Å²) in [6, 6.07) is 5.02. The average Bonchev–Trinajstić information content (AvgIpc) is 2.41. The number of esters is 2. The molecule has 1 aromatic rings. The second-order valence-electron chi connectivity index (χ2n) is 4.76. The molecule has 0 bridgehead atoms. The minimum Gasteiger partial charge on any atom is -0.462 e. The van der Waals surface area contributed by atoms with Crippen molar-refractivity contribution in [2.75, 3.05) is 13.2 Å². The third-order valence-electron chi connectivity index (χ3n) is 2.27. The van der Waals surface area contributed by atoms with E-state index in [0.717, 1.165) is 0 Å². The van der Waals surface area contributed by atoms with E-state index in [-0.39, 0.29) is 23.7 Å². The number of halogens is 3. The molecule has 0 aliphatic heterocycles. The predicted molar refractivity (Wildman–Crippen MR) is 67.9 cm³/mol. The van der Waals surface area contributed by atoms with E-state index in [4.69, 9.17) is 4.74 Å². The van der Waals surface area contributed by atoms with Gasteiger partial charge in [0.05, 0.1) is 17.7 Å². The maximum Gasteiger partial charge on any atom is 0.422 e. The summed E-state index contributed by atoms with van der Waals surface area (Å²) in [6.07, 6.45) is -4.57. The quantitative estimate of drug-likeness (QED) is 0.784. The van der Waals surface area contributed by atoms with E-state index in [0.29, 0.717) is 0 Å². The molecule has 21 heavy (non-hydrogen) atoms. The number of rotatable bonds is 5. The first-order chi connectivity index (χ1) is 9.69. The molecule has 4 nitrogen and oxygen atoms in total. The summed E-state index contributed by atoms with van der Waals surface area (Å²) in [6.45, 7) is 2.37. The SMILES string of the molecule is CC(C)COC(=O)c1ccc(C(=O)OCC(F)(F)F)cc1. The maximum atomic E-state index is 11.9. The van der Waals surface area contributed by atoms with Crippen LogP contribution in [0.3, 0.4) is 0 Å². The van der Waals surface area contributed by atoms with Gasteiger partial charge in [0.15, 0.2) is 6.61 Å². The van der Waals surface area contributed by atoms with E-state index in [2.05, 4.69) is 4.74 Å². The molecular weight excluding hydrogens is 289 g/mol. The molecule has 0 N–H and O–H groups in total. The Kier molecular flexibility index (Phi) is 5.75. The molecule has 0 fully saturated rings. The van der Waals surface area contributed by atoms with E-state index in [1.807, 2.05) is 13.8 Å². The summed E-state index contributed by atoms with van der Waals surface area (Å²) in [7, 11) is 0. The van der Waals surface area contributed by atoms with Crippen LogP contribution in [-0.2, 0) is 9.47 Å². The van der Waals surface area contributed by atoms with Crippen molar-refractivity contribution < 1.29 is 32.2 Å². The molecule has 0 saturated heterocycles. The van der Waals surface area contributed by atoms with Crippen molar-refractivity contribution in [1.82, 2.24) is 0 Å². The molecule has 0 aliphatic carbocycles. The molecule has 0 aromatic heterocycles. The Balaban J connectivity index is 2.61. The van der Waals surface area contributed by atoms with Crippen LogP contribution < -0.4 is 0 Å². The summed E-state index contributed by atoms with van der Waals surface area (Å²) in [5, 5.41) is 0. The summed E-state index contributed by atoms with van der Waals surface area (Å²) >= 11 is 0. The normalized spacial score (nSPS) is 11.3. The van der Waals surface area contributed by atoms with Gasteiger partial charge in [0.25, 0.3) is 0 Å². The molecule has 0 spiro atoms. The van der Waals surface area contributed by atoms with E-state index >= 15 is 0 Å². The number of alkyl halides is 3. The van der Waals surface area contributed by atoms with E-state index in [1.54, 1.807) is 0 Å². The van der Waals surface area contributed by atoms with Gasteiger partial charge in [0, 0.05) is 0 Å². The van der Waals surface area contributed by atoms with E-state index in [9.17, 15) is 22.8 Å². The lowest BCUT2D eigenvalue weighted by Gasteiger charge is -2.09. The molecule has 0 unspecified atom stereocenters. The summed E-state index contributed by atoms with van der Waals surface area (Å²) in [5.74, 6) is -1.47. The van der Waals surface area contributed by atoms with Crippen LogP contribution in [0.4, 0.5) is 13.2 Å². The third kappa shape index (κ3) is 6.29. The Labute approximate surface area is 119 Å². The fourth-order valence-corrected chi connectivity index (χ4v) is 1.30. The first-order valence-corrected chi connectivity index (χ1v) is 6.20. The summed E-state index contributed by atoms with van der Waals surface area (Å²) < 4.78 is 44.8. The highest BCUT2D eigenvalue weighted by atomic mass is 19.4. The third-order valence-corrected chi connectivity index (χ3v) is 2.27. The molecule has 1 rings (SSSR count). The topological polar surface area (TPSA) is 52.6 Å². The molecule has 0 atom stereocenters. The molecule has 0 aliphatic rings. The van der Waals surface area contributed by atoms with Crippen LogP contribution >= 0.6 is 0 Å². The highest BCUT2D eigenvalue weighted by Gasteiger charge is 2.29. The lowest BCUT2D eigenvalue weighted by molar-refractivity contribution is -0.161. The van der Waals surface area contributed by atoms with Crippen LogP contribution in [0.2, 0.25) is 0 Å². The molecular formula is C14H15F3O4. The van der Waals surface area contributed by atoms with Crippen molar-refractivity contribution in [2.24, 2.45) is 5.92 Å². The zero-order chi connectivity index (χ0) is 16.0. The van der Waals surface area contributed by atoms with Gasteiger partial charge in [-0.1, -0.05) is 13.8 Å². The predicted octanol–water partition coefficient (Wildman–Crippen LogP) is 3.22. The van der Waals surface area contributed by atoms with Crippen LogP contribution in [-0.4, -0.2) is 31.3 Å². The minimum atomic E-state index is -4.57. The number of carbonyl (C=O) groups excluding carboxylic acids is 2. The van der Waals surface area contributed by atoms with Crippen molar-refractivity contribution in [3.05, 3.63) is 35.4 Å². The lowest BCUT2D eigenvalue weighted by atomic mass is 10.1. The van der Waals surface area contributed by atoms with Gasteiger partial charge in [-0.05, 0) is 30.2 Å². The molecule has 116 valence electrons. The smallest absolute Gasteiger partial charge is 0.422 e. The van der Waals surface area contributed by atoms with Gasteiger partial charge in [-0.15, -0.1) is 0 Å². The molecule has 0 radical (unpaired) electrons. The standard InChI is InChI=1S/C14H15F3O4/c1-9(2)7-20-12(18)10-3-5-11(6-4-10)13(19)21-8-14(15,16)17/h3-6,9H,7-8H2,1-2H3. The first kappa shape index (κ1) is 17.0. The van der Waals surface area contributed by atoms with Crippen LogP contribution in [0.25, 0.3) is 0 Å². The maximum absolute atomic E-state index is 11.9. The van der Waals surface area contributed by atoms with Crippen molar-refractivity contribution in [3.63, 3.8) is 0 Å². The fourth-order valence-electron chi connectivity index (χ4n) is 1.30. The lowest BCUT2D eigenvalue weighted by Crippen LogP contribution is -2.20. The molecule has 1 aromatic carbocycles. The van der Waals surface area contributed by atoms with Crippen LogP contribution in [0.5, 0.6) is 0 Å². The molecule has 0 saturated carbocycles. The van der Waals surface area contributed by atoms with Gasteiger partial charge >= 0.3 is 18.1 Å². The Morgan fingerprint density at radius 1 is 1.00 bits per heavy atom. The monoisotopic (exact) mass is 304 g/mol. The molecule has 0 amide bonds. The van der Waals surface area contributed by atoms with E-state index < -0.39 is 24.7 Å². The summed E-state index contributed by atoms with van der Waals surface area (Å²) in [4.78, 5) is 22.9. The zero-order valence-corrected chi connectivity index (χ0v) is 11.6. The number of hydrogen-bond donors (Lipinski definition) is 0. The van der Waals surface area contributed by atoms with Gasteiger partial charge in [-0.3, -0.25) is 0 Å². The largest absolute Gasteiger partial charge is 0.462 e. The summed E-state index contributed by atoms with van der Waals surface area (Å²) in [5.41, 5.74) is 0.141. The van der Waals surface area contributed by atoms with Gasteiger partial charge < -0.3 is 9.47 Å². The van der Waals surface area contributed by atoms with Gasteiger partial charge in [0.2, 0.25) is 0 Å². The average molecular weight is 304 g/mol. The number of hydrogen-bond acceptors (Lipinski definition) is 4. The van der Waals surface area contributed by atoms with Crippen molar-refractivity contribution in [1.29, 1.82) is 0 Å². The second kappa shape index (κ2) is 7.10. The molecule has 0 heterocycles. The van der Waals surface area contributed by atoms with Crippen LogP contribution in [0.1, 0.15) is 34.6 Å². The minimum absolute atomic E-state index is 0.0698. The van der Waals surface area contributed by atoms with Gasteiger partial charge in [-0.2, -0.15) is 13.2 Å². The zero-order valence-electron chi connectivity index (χ0n) is 11.6. The number of carbonyl (C=O) groups is 2. The van der Waals surface area contributed by atoms with Crippen molar-refractivity contribution >= 4 is 11.9 Å². The van der Waals surface area contributed by atoms with E-state index in [1.165, 1.54) is 24.3 Å². The number of benzene rings is 1. The Morgan fingerprint density at radius 2 is 1.43 bits per heavy atom. The first-order valence-electron chi connectivity index (χ1n) is 6.20. The van der Waals surface area contributed by atoms with Crippen molar-refractivity contribution in [2.45, 2.75) is 20.0 Å². The molecule has 7 heteroatoms. The Morgan fingerprint density at radius 3 is 1.81 bits per heavy atom. The van der Waals surface area contributed by atoms with Gasteiger partial charge in [-0.25, -0.2) is 9.59 Å². The highest BCUT2D eigenvalue weighted by molar-refractivity contribution is 5.93.